The molecule has 0 spiro atoms. The summed E-state index contributed by atoms with van der Waals surface area (Å²) in [6.45, 7) is 2.02. The number of carbonyl (C=O) groups is 1. The number of thiocarbonyl (C=S) groups is 1. The Hall–Kier alpha value is -1.39. The van der Waals surface area contributed by atoms with Crippen LogP contribution < -0.4 is 0 Å². The molecule has 2 nitrogen and oxygen atoms in total. The zero-order valence-corrected chi connectivity index (χ0v) is 14.3. The van der Waals surface area contributed by atoms with Crippen molar-refractivity contribution < 1.29 is 4.79 Å². The van der Waals surface area contributed by atoms with Crippen LogP contribution in [0.3, 0.4) is 0 Å². The molecule has 0 N–H and O–H groups in total. The van der Waals surface area contributed by atoms with Crippen molar-refractivity contribution in [2.75, 3.05) is 0 Å². The molecule has 114 valence electrons. The van der Waals surface area contributed by atoms with Gasteiger partial charge in [0.2, 0.25) is 0 Å². The van der Waals surface area contributed by atoms with Crippen LogP contribution in [0.2, 0.25) is 0 Å². The third-order valence-electron chi connectivity index (χ3n) is 4.07. The van der Waals surface area contributed by atoms with Crippen molar-refractivity contribution in [1.82, 2.24) is 4.90 Å². The summed E-state index contributed by atoms with van der Waals surface area (Å²) >= 11 is 6.86. The van der Waals surface area contributed by atoms with Gasteiger partial charge < -0.3 is 0 Å². The van der Waals surface area contributed by atoms with E-state index in [1.165, 1.54) is 24.6 Å². The van der Waals surface area contributed by atoms with Gasteiger partial charge in [0.05, 0.1) is 4.91 Å². The van der Waals surface area contributed by atoms with Crippen LogP contribution in [-0.2, 0) is 4.79 Å². The summed E-state index contributed by atoms with van der Waals surface area (Å²) in [7, 11) is 0. The molecule has 1 aliphatic heterocycles. The van der Waals surface area contributed by atoms with Gasteiger partial charge in [-0.3, -0.25) is 9.69 Å². The Morgan fingerprint density at radius 2 is 1.95 bits per heavy atom. The first kappa shape index (κ1) is 15.5. The fraction of sp³-hybridized carbons (Fsp3) is 0.333. The number of rotatable bonds is 3. The molecule has 1 aromatic rings. The summed E-state index contributed by atoms with van der Waals surface area (Å²) in [6.07, 6.45) is 8.61. The summed E-state index contributed by atoms with van der Waals surface area (Å²) in [5.41, 5.74) is 2.21. The smallest absolute Gasteiger partial charge is 0.266 e. The number of amides is 1. The van der Waals surface area contributed by atoms with Gasteiger partial charge in [0.15, 0.2) is 0 Å². The van der Waals surface area contributed by atoms with Crippen molar-refractivity contribution in [3.8, 4) is 0 Å². The van der Waals surface area contributed by atoms with Gasteiger partial charge in [-0.05, 0) is 37.0 Å². The maximum Gasteiger partial charge on any atom is 0.266 e. The van der Waals surface area contributed by atoms with Crippen LogP contribution in [0, 0.1) is 0 Å². The van der Waals surface area contributed by atoms with Crippen LogP contribution in [0.15, 0.2) is 46.9 Å². The van der Waals surface area contributed by atoms with Crippen LogP contribution in [0.1, 0.15) is 38.2 Å². The van der Waals surface area contributed by atoms with E-state index < -0.39 is 0 Å². The topological polar surface area (TPSA) is 20.3 Å². The number of thioether (sulfide) groups is 1. The molecule has 0 atom stereocenters. The number of hydrogen-bond donors (Lipinski definition) is 0. The number of hydrogen-bond acceptors (Lipinski definition) is 3. The molecule has 0 radical (unpaired) electrons. The maximum absolute atomic E-state index is 12.6. The minimum Gasteiger partial charge on any atom is -0.290 e. The van der Waals surface area contributed by atoms with E-state index in [-0.39, 0.29) is 5.91 Å². The van der Waals surface area contributed by atoms with E-state index in [1.807, 2.05) is 36.1 Å². The van der Waals surface area contributed by atoms with Crippen molar-refractivity contribution in [1.29, 1.82) is 0 Å². The molecule has 1 heterocycles. The van der Waals surface area contributed by atoms with E-state index in [2.05, 4.69) is 18.2 Å². The second-order valence-electron chi connectivity index (χ2n) is 5.79. The minimum atomic E-state index is 0.0858. The van der Waals surface area contributed by atoms with Crippen molar-refractivity contribution in [2.24, 2.45) is 0 Å². The molecule has 0 unspecified atom stereocenters. The van der Waals surface area contributed by atoms with Gasteiger partial charge in [-0.15, -0.1) is 0 Å². The highest BCUT2D eigenvalue weighted by atomic mass is 32.2. The maximum atomic E-state index is 12.6. The monoisotopic (exact) mass is 329 g/mol. The average Bonchev–Trinajstić information content (AvgIpc) is 3.09. The van der Waals surface area contributed by atoms with E-state index in [0.717, 1.165) is 33.2 Å². The van der Waals surface area contributed by atoms with Crippen LogP contribution in [0.25, 0.3) is 6.08 Å². The number of nitrogens with zero attached hydrogens (tertiary/aromatic N) is 1. The predicted octanol–water partition coefficient (Wildman–Crippen LogP) is 4.78. The summed E-state index contributed by atoms with van der Waals surface area (Å²) in [6, 6.07) is 10.5. The first-order valence-electron chi connectivity index (χ1n) is 7.65. The van der Waals surface area contributed by atoms with Crippen molar-refractivity contribution in [2.45, 2.75) is 38.6 Å². The SMILES string of the molecule is CC(/C=C1\SC(=S)N(C2CCCC2)C1=O)=C\c1ccccc1. The lowest BCUT2D eigenvalue weighted by Gasteiger charge is -2.21. The first-order chi connectivity index (χ1) is 10.6. The van der Waals surface area contributed by atoms with Crippen LogP contribution in [-0.4, -0.2) is 21.2 Å². The molecule has 1 saturated heterocycles. The molecule has 1 aromatic carbocycles. The summed E-state index contributed by atoms with van der Waals surface area (Å²) in [5, 5.41) is 0. The fourth-order valence-electron chi connectivity index (χ4n) is 3.02. The van der Waals surface area contributed by atoms with E-state index >= 15 is 0 Å². The molecule has 1 aliphatic carbocycles. The molecule has 0 aromatic heterocycles. The van der Waals surface area contributed by atoms with Gasteiger partial charge in [-0.1, -0.05) is 73.2 Å². The molecule has 4 heteroatoms. The summed E-state index contributed by atoms with van der Waals surface area (Å²) in [5.74, 6) is 0.0858. The Morgan fingerprint density at radius 3 is 2.64 bits per heavy atom. The van der Waals surface area contributed by atoms with Crippen molar-refractivity contribution >= 4 is 40.3 Å². The van der Waals surface area contributed by atoms with E-state index in [0.29, 0.717) is 6.04 Å². The van der Waals surface area contributed by atoms with Gasteiger partial charge in [-0.25, -0.2) is 0 Å². The molecule has 3 rings (SSSR count). The Morgan fingerprint density at radius 1 is 1.27 bits per heavy atom. The average molecular weight is 329 g/mol. The highest BCUT2D eigenvalue weighted by Crippen LogP contribution is 2.37. The van der Waals surface area contributed by atoms with Crippen molar-refractivity contribution in [3.05, 3.63) is 52.4 Å². The number of carbonyl (C=O) groups excluding carboxylic acids is 1. The lowest BCUT2D eigenvalue weighted by Crippen LogP contribution is -2.36. The van der Waals surface area contributed by atoms with Gasteiger partial charge in [-0.2, -0.15) is 0 Å². The molecule has 0 bridgehead atoms. The van der Waals surface area contributed by atoms with Crippen LogP contribution >= 0.6 is 24.0 Å². The lowest BCUT2D eigenvalue weighted by atomic mass is 10.1. The largest absolute Gasteiger partial charge is 0.290 e. The quantitative estimate of drug-likeness (QED) is 0.588. The second kappa shape index (κ2) is 6.80. The van der Waals surface area contributed by atoms with Crippen LogP contribution in [0.4, 0.5) is 0 Å². The molecule has 1 saturated carbocycles. The molecule has 1 amide bonds. The summed E-state index contributed by atoms with van der Waals surface area (Å²) < 4.78 is 0.718. The van der Waals surface area contributed by atoms with Crippen molar-refractivity contribution in [3.63, 3.8) is 0 Å². The highest BCUT2D eigenvalue weighted by molar-refractivity contribution is 8.26. The molecule has 2 aliphatic rings. The zero-order chi connectivity index (χ0) is 15.5. The molecular weight excluding hydrogens is 310 g/mol. The molecule has 2 fully saturated rings. The highest BCUT2D eigenvalue weighted by Gasteiger charge is 2.37. The third kappa shape index (κ3) is 3.33. The van der Waals surface area contributed by atoms with Gasteiger partial charge in [0.1, 0.15) is 4.32 Å². The Kier molecular flexibility index (Phi) is 4.79. The van der Waals surface area contributed by atoms with Crippen LogP contribution in [0.5, 0.6) is 0 Å². The van der Waals surface area contributed by atoms with E-state index in [4.69, 9.17) is 12.2 Å². The van der Waals surface area contributed by atoms with E-state index in [1.54, 1.807) is 0 Å². The molecular formula is C18H19NOS2. The Bertz CT molecular complexity index is 642. The number of allylic oxidation sites excluding steroid dienone is 2. The van der Waals surface area contributed by atoms with Gasteiger partial charge in [0, 0.05) is 6.04 Å². The zero-order valence-electron chi connectivity index (χ0n) is 12.6. The Balaban J connectivity index is 1.78. The minimum absolute atomic E-state index is 0.0858. The summed E-state index contributed by atoms with van der Waals surface area (Å²) in [4.78, 5) is 15.2. The normalized spacial score (nSPS) is 22.1. The first-order valence-corrected chi connectivity index (χ1v) is 8.88. The number of benzene rings is 1. The van der Waals surface area contributed by atoms with E-state index in [9.17, 15) is 4.79 Å². The van der Waals surface area contributed by atoms with Gasteiger partial charge in [0.25, 0.3) is 5.91 Å². The lowest BCUT2D eigenvalue weighted by molar-refractivity contribution is -0.123. The fourth-order valence-corrected chi connectivity index (χ4v) is 4.47. The Labute approximate surface area is 141 Å². The predicted molar refractivity (Wildman–Crippen MR) is 97.5 cm³/mol. The third-order valence-corrected chi connectivity index (χ3v) is 5.40. The van der Waals surface area contributed by atoms with Gasteiger partial charge >= 0.3 is 0 Å². The second-order valence-corrected chi connectivity index (χ2v) is 7.46. The standard InChI is InChI=1S/C18H19NOS2/c1-13(11-14-7-3-2-4-8-14)12-16-17(20)19(18(21)22-16)15-9-5-6-10-15/h2-4,7-8,11-12,15H,5-6,9-10H2,1H3/b13-11+,16-12-. The molecule has 22 heavy (non-hydrogen) atoms.